The molecule has 5 nitrogen and oxygen atoms in total. The Morgan fingerprint density at radius 2 is 1.80 bits per heavy atom. The number of carbonyl (C=O) groups excluding carboxylic acids is 1. The van der Waals surface area contributed by atoms with Gasteiger partial charge in [0.1, 0.15) is 5.82 Å². The van der Waals surface area contributed by atoms with Gasteiger partial charge in [0, 0.05) is 25.6 Å². The van der Waals surface area contributed by atoms with Gasteiger partial charge in [0.15, 0.2) is 0 Å². The molecule has 3 saturated carbocycles. The van der Waals surface area contributed by atoms with Crippen LogP contribution in [0, 0.1) is 11.2 Å². The summed E-state index contributed by atoms with van der Waals surface area (Å²) in [5, 5.41) is 9.27. The van der Waals surface area contributed by atoms with Crippen LogP contribution in [0.5, 0.6) is 0 Å². The van der Waals surface area contributed by atoms with Crippen molar-refractivity contribution in [3.8, 4) is 0 Å². The quantitative estimate of drug-likeness (QED) is 0.824. The predicted molar refractivity (Wildman–Crippen MR) is 110 cm³/mol. The lowest BCUT2D eigenvalue weighted by molar-refractivity contribution is -0.207. The van der Waals surface area contributed by atoms with Crippen LogP contribution in [0.3, 0.4) is 0 Å². The second-order valence-corrected chi connectivity index (χ2v) is 9.26. The van der Waals surface area contributed by atoms with Crippen LogP contribution in [0.2, 0.25) is 0 Å². The minimum atomic E-state index is -0.904. The van der Waals surface area contributed by atoms with E-state index in [1.807, 2.05) is 17.0 Å². The van der Waals surface area contributed by atoms with Crippen molar-refractivity contribution in [3.63, 3.8) is 0 Å². The Hall–Kier alpha value is -2.89. The Bertz CT molecular complexity index is 1000. The van der Waals surface area contributed by atoms with Crippen molar-refractivity contribution in [3.05, 3.63) is 71.0 Å². The van der Waals surface area contributed by atoms with Gasteiger partial charge in [-0.2, -0.15) is 0 Å². The number of hydrogen-bond donors (Lipinski definition) is 1. The van der Waals surface area contributed by atoms with Crippen molar-refractivity contribution >= 4 is 12.0 Å². The molecule has 0 spiro atoms. The van der Waals surface area contributed by atoms with Crippen molar-refractivity contribution in [2.75, 3.05) is 13.6 Å². The number of carboxylic acid groups (broad SMARTS) is 1. The molecule has 0 unspecified atom stereocenters. The highest BCUT2D eigenvalue weighted by atomic mass is 19.1. The van der Waals surface area contributed by atoms with Crippen molar-refractivity contribution in [2.24, 2.45) is 5.41 Å². The zero-order valence-electron chi connectivity index (χ0n) is 17.0. The fourth-order valence-corrected chi connectivity index (χ4v) is 5.95. The van der Waals surface area contributed by atoms with Crippen molar-refractivity contribution in [1.82, 2.24) is 9.80 Å². The SMILES string of the molecule is CN(C(=O)O)C12CC(CC(=O)N3CCc4ccccc4[C@@H]3c3ccc(F)cc3)(C1)C2. The molecule has 2 aromatic rings. The van der Waals surface area contributed by atoms with Crippen LogP contribution in [0.25, 0.3) is 0 Å². The van der Waals surface area contributed by atoms with Gasteiger partial charge in [0.05, 0.1) is 6.04 Å². The molecule has 3 aliphatic carbocycles. The third kappa shape index (κ3) is 2.81. The molecule has 6 heteroatoms. The fraction of sp³-hybridized carbons (Fsp3) is 0.417. The molecule has 1 atom stereocenters. The molecule has 2 amide bonds. The number of rotatable bonds is 4. The molecular formula is C24H25FN2O3. The predicted octanol–water partition coefficient (Wildman–Crippen LogP) is 4.22. The van der Waals surface area contributed by atoms with E-state index in [0.29, 0.717) is 13.0 Å². The molecular weight excluding hydrogens is 383 g/mol. The first kappa shape index (κ1) is 19.1. The minimum absolute atomic E-state index is 0.0644. The van der Waals surface area contributed by atoms with E-state index in [-0.39, 0.29) is 28.7 Å². The molecule has 6 rings (SSSR count). The maximum Gasteiger partial charge on any atom is 0.407 e. The van der Waals surface area contributed by atoms with Crippen LogP contribution >= 0.6 is 0 Å². The average molecular weight is 408 g/mol. The molecule has 0 radical (unpaired) electrons. The minimum Gasteiger partial charge on any atom is -0.465 e. The maximum atomic E-state index is 13.5. The van der Waals surface area contributed by atoms with Gasteiger partial charge in [-0.05, 0) is 59.9 Å². The number of fused-ring (bicyclic) bond motifs is 1. The standard InChI is InChI=1S/C24H25FN2O3/c1-26(22(29)30)24-13-23(14-24,15-24)12-20(28)27-11-10-16-4-2-3-5-19(16)21(27)17-6-8-18(25)9-7-17/h2-9,21H,10-15H2,1H3,(H,29,30)/t21-,23?,24?/m0/s1. The molecule has 1 N–H and O–H groups in total. The molecule has 0 saturated heterocycles. The summed E-state index contributed by atoms with van der Waals surface area (Å²) >= 11 is 0. The largest absolute Gasteiger partial charge is 0.465 e. The van der Waals surface area contributed by atoms with Gasteiger partial charge >= 0.3 is 6.09 Å². The zero-order chi connectivity index (χ0) is 21.1. The molecule has 3 fully saturated rings. The third-order valence-corrected chi connectivity index (χ3v) is 7.43. The number of benzene rings is 2. The Labute approximate surface area is 175 Å². The summed E-state index contributed by atoms with van der Waals surface area (Å²) in [4.78, 5) is 28.1. The number of hydrogen-bond acceptors (Lipinski definition) is 2. The molecule has 2 bridgehead atoms. The van der Waals surface area contributed by atoms with Gasteiger partial charge in [0.25, 0.3) is 0 Å². The van der Waals surface area contributed by atoms with E-state index < -0.39 is 6.09 Å². The van der Waals surface area contributed by atoms with Gasteiger partial charge < -0.3 is 14.9 Å². The molecule has 156 valence electrons. The summed E-state index contributed by atoms with van der Waals surface area (Å²) in [7, 11) is 1.62. The van der Waals surface area contributed by atoms with Crippen LogP contribution in [-0.2, 0) is 11.2 Å². The Kier molecular flexibility index (Phi) is 4.17. The lowest BCUT2D eigenvalue weighted by Crippen LogP contribution is -2.75. The Balaban J connectivity index is 1.38. The molecule has 1 heterocycles. The second-order valence-electron chi connectivity index (χ2n) is 9.26. The normalized spacial score (nSPS) is 28.7. The lowest BCUT2D eigenvalue weighted by Gasteiger charge is -2.72. The second kappa shape index (κ2) is 6.56. The first-order valence-electron chi connectivity index (χ1n) is 10.4. The number of carbonyl (C=O) groups is 2. The summed E-state index contributed by atoms with van der Waals surface area (Å²) < 4.78 is 13.5. The summed E-state index contributed by atoms with van der Waals surface area (Å²) in [5.74, 6) is -0.187. The molecule has 2 aromatic carbocycles. The van der Waals surface area contributed by atoms with Gasteiger partial charge in [-0.15, -0.1) is 0 Å². The van der Waals surface area contributed by atoms with Crippen LogP contribution < -0.4 is 0 Å². The zero-order valence-corrected chi connectivity index (χ0v) is 17.0. The molecule has 4 aliphatic rings. The van der Waals surface area contributed by atoms with Crippen LogP contribution in [0.1, 0.15) is 48.4 Å². The van der Waals surface area contributed by atoms with Gasteiger partial charge in [-0.1, -0.05) is 36.4 Å². The summed E-state index contributed by atoms with van der Waals surface area (Å²) in [6.45, 7) is 0.633. The van der Waals surface area contributed by atoms with Crippen molar-refractivity contribution in [2.45, 2.75) is 43.7 Å². The lowest BCUT2D eigenvalue weighted by atomic mass is 9.38. The Morgan fingerprint density at radius 1 is 1.13 bits per heavy atom. The highest BCUT2D eigenvalue weighted by molar-refractivity contribution is 5.79. The van der Waals surface area contributed by atoms with Crippen LogP contribution in [0.4, 0.5) is 9.18 Å². The average Bonchev–Trinajstić information content (AvgIpc) is 2.68. The number of halogens is 1. The summed E-state index contributed by atoms with van der Waals surface area (Å²) in [6.07, 6.45) is 2.64. The molecule has 1 aliphatic heterocycles. The smallest absolute Gasteiger partial charge is 0.407 e. The van der Waals surface area contributed by atoms with E-state index >= 15 is 0 Å². The molecule has 30 heavy (non-hydrogen) atoms. The number of nitrogens with zero attached hydrogens (tertiary/aromatic N) is 2. The van der Waals surface area contributed by atoms with Gasteiger partial charge in [-0.3, -0.25) is 4.79 Å². The first-order chi connectivity index (χ1) is 14.3. The Morgan fingerprint density at radius 3 is 2.47 bits per heavy atom. The van der Waals surface area contributed by atoms with E-state index in [4.69, 9.17) is 0 Å². The number of amides is 2. The van der Waals surface area contributed by atoms with Crippen molar-refractivity contribution < 1.29 is 19.1 Å². The first-order valence-corrected chi connectivity index (χ1v) is 10.4. The summed E-state index contributed by atoms with van der Waals surface area (Å²) in [6, 6.07) is 14.4. The fourth-order valence-electron chi connectivity index (χ4n) is 5.95. The van der Waals surface area contributed by atoms with E-state index in [1.54, 1.807) is 19.2 Å². The topological polar surface area (TPSA) is 60.9 Å². The maximum absolute atomic E-state index is 13.5. The summed E-state index contributed by atoms with van der Waals surface area (Å²) in [5.41, 5.74) is 2.91. The van der Waals surface area contributed by atoms with E-state index in [1.165, 1.54) is 22.6 Å². The molecule has 0 aromatic heterocycles. The van der Waals surface area contributed by atoms with Gasteiger partial charge in [0.2, 0.25) is 5.91 Å². The highest BCUT2D eigenvalue weighted by Crippen LogP contribution is 2.71. The van der Waals surface area contributed by atoms with Crippen molar-refractivity contribution in [1.29, 1.82) is 0 Å². The monoisotopic (exact) mass is 408 g/mol. The van der Waals surface area contributed by atoms with Gasteiger partial charge in [-0.25, -0.2) is 9.18 Å². The van der Waals surface area contributed by atoms with E-state index in [2.05, 4.69) is 12.1 Å². The van der Waals surface area contributed by atoms with Crippen LogP contribution in [-0.4, -0.2) is 46.0 Å². The van der Waals surface area contributed by atoms with E-state index in [9.17, 15) is 19.1 Å². The third-order valence-electron chi connectivity index (χ3n) is 7.43. The van der Waals surface area contributed by atoms with E-state index in [0.717, 1.165) is 36.8 Å². The highest BCUT2D eigenvalue weighted by Gasteiger charge is 2.71. The van der Waals surface area contributed by atoms with Crippen LogP contribution in [0.15, 0.2) is 48.5 Å².